The molecule has 7 nitrogen and oxygen atoms in total. The SMILES string of the molecule is Cc1cnc2c(NC(=O)Nc3ccccc3C(F)(F)F)cccc2c1N1CCN(C)C1=O. The molecule has 4 rings (SSSR count). The van der Waals surface area contributed by atoms with Crippen molar-refractivity contribution in [2.75, 3.05) is 35.7 Å². The molecule has 0 spiro atoms. The van der Waals surface area contributed by atoms with Crippen molar-refractivity contribution >= 4 is 40.0 Å². The van der Waals surface area contributed by atoms with E-state index < -0.39 is 17.8 Å². The summed E-state index contributed by atoms with van der Waals surface area (Å²) in [5.74, 6) is 0. The van der Waals surface area contributed by atoms with Crippen LogP contribution >= 0.6 is 0 Å². The molecule has 3 aromatic rings. The van der Waals surface area contributed by atoms with Crippen LogP contribution in [0.2, 0.25) is 0 Å². The van der Waals surface area contributed by atoms with E-state index in [1.165, 1.54) is 18.2 Å². The minimum atomic E-state index is -4.60. The number of amides is 4. The van der Waals surface area contributed by atoms with Crippen molar-refractivity contribution < 1.29 is 22.8 Å². The van der Waals surface area contributed by atoms with Crippen LogP contribution in [0.3, 0.4) is 0 Å². The molecular weight excluding hydrogens is 423 g/mol. The van der Waals surface area contributed by atoms with Gasteiger partial charge in [-0.3, -0.25) is 9.88 Å². The summed E-state index contributed by atoms with van der Waals surface area (Å²) < 4.78 is 39.6. The fourth-order valence-electron chi connectivity index (χ4n) is 3.74. The van der Waals surface area contributed by atoms with Gasteiger partial charge in [-0.1, -0.05) is 24.3 Å². The number of hydrogen-bond donors (Lipinski definition) is 2. The van der Waals surface area contributed by atoms with Crippen LogP contribution in [-0.4, -0.2) is 42.1 Å². The van der Waals surface area contributed by atoms with E-state index in [0.717, 1.165) is 11.6 Å². The molecule has 1 aromatic heterocycles. The molecule has 0 unspecified atom stereocenters. The number of aryl methyl sites for hydroxylation is 1. The molecule has 2 heterocycles. The molecule has 0 saturated carbocycles. The number of carbonyl (C=O) groups excluding carboxylic acids is 2. The van der Waals surface area contributed by atoms with Gasteiger partial charge in [-0.25, -0.2) is 9.59 Å². The van der Waals surface area contributed by atoms with Crippen LogP contribution in [0.15, 0.2) is 48.7 Å². The Morgan fingerprint density at radius 3 is 2.41 bits per heavy atom. The summed E-state index contributed by atoms with van der Waals surface area (Å²) in [5.41, 5.74) is 0.923. The zero-order valence-corrected chi connectivity index (χ0v) is 17.3. The van der Waals surface area contributed by atoms with Crippen molar-refractivity contribution in [1.29, 1.82) is 0 Å². The van der Waals surface area contributed by atoms with Gasteiger partial charge in [0.1, 0.15) is 0 Å². The Hall–Kier alpha value is -3.82. The Morgan fingerprint density at radius 2 is 1.72 bits per heavy atom. The number of halogens is 3. The van der Waals surface area contributed by atoms with Crippen LogP contribution in [0.1, 0.15) is 11.1 Å². The van der Waals surface area contributed by atoms with E-state index in [2.05, 4.69) is 15.6 Å². The number of rotatable bonds is 3. The van der Waals surface area contributed by atoms with Gasteiger partial charge in [-0.2, -0.15) is 13.2 Å². The molecule has 2 N–H and O–H groups in total. The number of likely N-dealkylation sites (N-methyl/N-ethyl adjacent to an activating group) is 1. The first kappa shape index (κ1) is 21.4. The highest BCUT2D eigenvalue weighted by atomic mass is 19.4. The molecule has 2 aromatic carbocycles. The van der Waals surface area contributed by atoms with Gasteiger partial charge in [-0.05, 0) is 30.7 Å². The molecule has 1 aliphatic heterocycles. The number of pyridine rings is 1. The van der Waals surface area contributed by atoms with Gasteiger partial charge in [0, 0.05) is 31.7 Å². The summed E-state index contributed by atoms with van der Waals surface area (Å²) in [5, 5.41) is 5.49. The normalized spacial score (nSPS) is 14.2. The first-order valence-corrected chi connectivity index (χ1v) is 9.82. The van der Waals surface area contributed by atoms with Crippen LogP contribution in [-0.2, 0) is 6.18 Å². The predicted molar refractivity (Wildman–Crippen MR) is 116 cm³/mol. The number of carbonyl (C=O) groups is 2. The van der Waals surface area contributed by atoms with Gasteiger partial charge in [0.15, 0.2) is 0 Å². The van der Waals surface area contributed by atoms with Crippen molar-refractivity contribution in [3.63, 3.8) is 0 Å². The monoisotopic (exact) mass is 443 g/mol. The molecular formula is C22H20F3N5O2. The van der Waals surface area contributed by atoms with Crippen LogP contribution in [0.5, 0.6) is 0 Å². The van der Waals surface area contributed by atoms with E-state index in [9.17, 15) is 22.8 Å². The van der Waals surface area contributed by atoms with E-state index in [1.54, 1.807) is 41.2 Å². The molecule has 10 heteroatoms. The van der Waals surface area contributed by atoms with E-state index in [1.807, 2.05) is 6.92 Å². The quantitative estimate of drug-likeness (QED) is 0.593. The summed E-state index contributed by atoms with van der Waals surface area (Å²) in [4.78, 5) is 32.7. The number of alkyl halides is 3. The van der Waals surface area contributed by atoms with Crippen molar-refractivity contribution in [2.45, 2.75) is 13.1 Å². The molecule has 1 saturated heterocycles. The summed E-state index contributed by atoms with van der Waals surface area (Å²) in [6.45, 7) is 2.94. The number of urea groups is 2. The van der Waals surface area contributed by atoms with Gasteiger partial charge < -0.3 is 15.5 Å². The highest BCUT2D eigenvalue weighted by Gasteiger charge is 2.33. The lowest BCUT2D eigenvalue weighted by molar-refractivity contribution is -0.136. The second-order valence-electron chi connectivity index (χ2n) is 7.47. The van der Waals surface area contributed by atoms with E-state index in [0.29, 0.717) is 35.4 Å². The number of hydrogen-bond acceptors (Lipinski definition) is 3. The fourth-order valence-corrected chi connectivity index (χ4v) is 3.74. The molecule has 0 radical (unpaired) electrons. The maximum Gasteiger partial charge on any atom is 0.418 e. The zero-order chi connectivity index (χ0) is 23.0. The molecule has 4 amide bonds. The average molecular weight is 443 g/mol. The lowest BCUT2D eigenvalue weighted by atomic mass is 10.1. The van der Waals surface area contributed by atoms with Crippen molar-refractivity contribution in [1.82, 2.24) is 9.88 Å². The molecule has 0 aliphatic carbocycles. The minimum Gasteiger partial charge on any atom is -0.326 e. The molecule has 1 aliphatic rings. The van der Waals surface area contributed by atoms with Gasteiger partial charge in [-0.15, -0.1) is 0 Å². The van der Waals surface area contributed by atoms with Crippen molar-refractivity contribution in [3.8, 4) is 0 Å². The Bertz CT molecular complexity index is 1210. The van der Waals surface area contributed by atoms with Gasteiger partial charge in [0.25, 0.3) is 0 Å². The predicted octanol–water partition coefficient (Wildman–Crippen LogP) is 5.08. The molecule has 0 atom stereocenters. The van der Waals surface area contributed by atoms with E-state index in [-0.39, 0.29) is 11.7 Å². The Balaban J connectivity index is 1.66. The standard InChI is InChI=1S/C22H20F3N5O2/c1-13-12-26-18-14(19(13)30-11-10-29(2)21(30)32)6-5-9-17(18)28-20(31)27-16-8-4-3-7-15(16)22(23,24)25/h3-9,12H,10-11H2,1-2H3,(H2,27,28,31). The number of anilines is 3. The van der Waals surface area contributed by atoms with Crippen LogP contribution in [0.4, 0.5) is 39.8 Å². The third-order valence-electron chi connectivity index (χ3n) is 5.27. The summed E-state index contributed by atoms with van der Waals surface area (Å²) in [7, 11) is 1.72. The largest absolute Gasteiger partial charge is 0.418 e. The van der Waals surface area contributed by atoms with Gasteiger partial charge >= 0.3 is 18.2 Å². The fraction of sp³-hybridized carbons (Fsp3) is 0.227. The topological polar surface area (TPSA) is 77.6 Å². The van der Waals surface area contributed by atoms with Crippen LogP contribution in [0, 0.1) is 6.92 Å². The second kappa shape index (κ2) is 8.03. The summed E-state index contributed by atoms with van der Waals surface area (Å²) in [6, 6.07) is 8.84. The van der Waals surface area contributed by atoms with E-state index >= 15 is 0 Å². The minimum absolute atomic E-state index is 0.138. The highest BCUT2D eigenvalue weighted by Crippen LogP contribution is 2.36. The lowest BCUT2D eigenvalue weighted by Crippen LogP contribution is -2.30. The lowest BCUT2D eigenvalue weighted by Gasteiger charge is -2.21. The zero-order valence-electron chi connectivity index (χ0n) is 17.3. The number of nitrogens with zero attached hydrogens (tertiary/aromatic N) is 3. The first-order chi connectivity index (χ1) is 15.2. The smallest absolute Gasteiger partial charge is 0.326 e. The second-order valence-corrected chi connectivity index (χ2v) is 7.47. The number of nitrogens with one attached hydrogen (secondary N) is 2. The Labute approximate surface area is 181 Å². The molecule has 1 fully saturated rings. The summed E-state index contributed by atoms with van der Waals surface area (Å²) in [6.07, 6.45) is -3.00. The third-order valence-corrected chi connectivity index (χ3v) is 5.27. The maximum absolute atomic E-state index is 13.2. The van der Waals surface area contributed by atoms with Crippen molar-refractivity contribution in [2.24, 2.45) is 0 Å². The molecule has 0 bridgehead atoms. The van der Waals surface area contributed by atoms with Gasteiger partial charge in [0.2, 0.25) is 0 Å². The maximum atomic E-state index is 13.2. The van der Waals surface area contributed by atoms with Gasteiger partial charge in [0.05, 0.1) is 28.1 Å². The summed E-state index contributed by atoms with van der Waals surface area (Å²) >= 11 is 0. The van der Waals surface area contributed by atoms with Crippen LogP contribution < -0.4 is 15.5 Å². The molecule has 32 heavy (non-hydrogen) atoms. The third kappa shape index (κ3) is 3.91. The number of fused-ring (bicyclic) bond motifs is 1. The van der Waals surface area contributed by atoms with Crippen LogP contribution in [0.25, 0.3) is 10.9 Å². The highest BCUT2D eigenvalue weighted by molar-refractivity contribution is 6.10. The average Bonchev–Trinajstić information content (AvgIpc) is 3.06. The molecule has 166 valence electrons. The first-order valence-electron chi connectivity index (χ1n) is 9.82. The van der Waals surface area contributed by atoms with E-state index in [4.69, 9.17) is 0 Å². The Morgan fingerprint density at radius 1 is 1.03 bits per heavy atom. The Kier molecular flexibility index (Phi) is 5.37. The number of aromatic nitrogens is 1. The van der Waals surface area contributed by atoms with Crippen molar-refractivity contribution in [3.05, 3.63) is 59.8 Å². The number of para-hydroxylation sites is 2. The number of benzene rings is 2.